The lowest BCUT2D eigenvalue weighted by Crippen LogP contribution is -2.38. The van der Waals surface area contributed by atoms with E-state index in [4.69, 9.17) is 4.98 Å². The quantitative estimate of drug-likeness (QED) is 0.923. The lowest BCUT2D eigenvalue weighted by atomic mass is 10.1. The fraction of sp³-hybridized carbons (Fsp3) is 0.688. The molecular weight excluding hydrogens is 266 g/mol. The van der Waals surface area contributed by atoms with Gasteiger partial charge in [-0.15, -0.1) is 0 Å². The largest absolute Gasteiger partial charge is 0.354 e. The van der Waals surface area contributed by atoms with Crippen molar-refractivity contribution in [2.24, 2.45) is 0 Å². The topological polar surface area (TPSA) is 28.2 Å². The molecule has 0 amide bonds. The molecule has 0 bridgehead atoms. The van der Waals surface area contributed by atoms with E-state index in [0.717, 1.165) is 31.4 Å². The fourth-order valence-electron chi connectivity index (χ4n) is 2.87. The molecule has 3 nitrogen and oxygen atoms in total. The van der Waals surface area contributed by atoms with Gasteiger partial charge in [0.15, 0.2) is 0 Å². The highest BCUT2D eigenvalue weighted by Gasteiger charge is 2.24. The van der Waals surface area contributed by atoms with Gasteiger partial charge in [-0.25, -0.2) is 4.98 Å². The molecule has 1 N–H and O–H groups in total. The molecule has 1 aliphatic heterocycles. The van der Waals surface area contributed by atoms with Crippen LogP contribution in [0.4, 0.5) is 5.82 Å². The Kier molecular flexibility index (Phi) is 4.22. The van der Waals surface area contributed by atoms with Gasteiger partial charge in [-0.1, -0.05) is 6.92 Å². The van der Waals surface area contributed by atoms with Gasteiger partial charge in [0.1, 0.15) is 5.82 Å². The lowest BCUT2D eigenvalue weighted by Gasteiger charge is -2.33. The van der Waals surface area contributed by atoms with E-state index in [-0.39, 0.29) is 0 Å². The zero-order valence-corrected chi connectivity index (χ0v) is 13.6. The molecule has 1 atom stereocenters. The second-order valence-electron chi connectivity index (χ2n) is 6.17. The van der Waals surface area contributed by atoms with Crippen LogP contribution in [-0.2, 0) is 6.54 Å². The van der Waals surface area contributed by atoms with Crippen molar-refractivity contribution in [3.63, 3.8) is 0 Å². The van der Waals surface area contributed by atoms with E-state index in [9.17, 15) is 0 Å². The summed E-state index contributed by atoms with van der Waals surface area (Å²) in [5, 5.41) is 4.36. The van der Waals surface area contributed by atoms with Crippen molar-refractivity contribution in [1.82, 2.24) is 10.3 Å². The normalized spacial score (nSPS) is 23.1. The number of rotatable bonds is 4. The maximum absolute atomic E-state index is 4.87. The summed E-state index contributed by atoms with van der Waals surface area (Å²) in [6.07, 6.45) is 2.68. The minimum Gasteiger partial charge on any atom is -0.354 e. The van der Waals surface area contributed by atoms with Gasteiger partial charge in [0.2, 0.25) is 0 Å². The number of anilines is 1. The molecule has 1 saturated heterocycles. The van der Waals surface area contributed by atoms with Crippen LogP contribution in [-0.4, -0.2) is 35.1 Å². The number of nitrogens with one attached hydrogen (secondary N) is 1. The van der Waals surface area contributed by atoms with E-state index < -0.39 is 0 Å². The lowest BCUT2D eigenvalue weighted by molar-refractivity contribution is 0.674. The highest BCUT2D eigenvalue weighted by atomic mass is 32.2. The third kappa shape index (κ3) is 3.29. The monoisotopic (exact) mass is 291 g/mol. The van der Waals surface area contributed by atoms with Crippen molar-refractivity contribution in [3.8, 4) is 0 Å². The van der Waals surface area contributed by atoms with Crippen molar-refractivity contribution in [2.75, 3.05) is 23.7 Å². The Labute approximate surface area is 126 Å². The van der Waals surface area contributed by atoms with Crippen LogP contribution in [0.3, 0.4) is 0 Å². The fourth-order valence-corrected chi connectivity index (χ4v) is 3.88. The number of thioether (sulfide) groups is 1. The van der Waals surface area contributed by atoms with Crippen LogP contribution >= 0.6 is 11.8 Å². The molecule has 3 rings (SSSR count). The summed E-state index contributed by atoms with van der Waals surface area (Å²) in [6, 6.07) is 2.97. The maximum atomic E-state index is 4.87. The first-order valence-corrected chi connectivity index (χ1v) is 8.75. The minimum absolute atomic E-state index is 0.704. The predicted octanol–water partition coefficient (Wildman–Crippen LogP) is 2.89. The summed E-state index contributed by atoms with van der Waals surface area (Å²) in [4.78, 5) is 7.36. The van der Waals surface area contributed by atoms with Crippen LogP contribution in [0.15, 0.2) is 6.07 Å². The van der Waals surface area contributed by atoms with Crippen LogP contribution in [0.2, 0.25) is 0 Å². The van der Waals surface area contributed by atoms with Gasteiger partial charge in [-0.05, 0) is 38.3 Å². The van der Waals surface area contributed by atoms with Crippen LogP contribution in [0.25, 0.3) is 0 Å². The smallest absolute Gasteiger partial charge is 0.133 e. The summed E-state index contributed by atoms with van der Waals surface area (Å²) in [6.45, 7) is 9.87. The van der Waals surface area contributed by atoms with E-state index in [0.29, 0.717) is 5.25 Å². The molecule has 2 fully saturated rings. The third-order valence-corrected chi connectivity index (χ3v) is 5.28. The van der Waals surface area contributed by atoms with Crippen LogP contribution in [0.1, 0.15) is 36.6 Å². The van der Waals surface area contributed by atoms with Gasteiger partial charge in [0.25, 0.3) is 0 Å². The van der Waals surface area contributed by atoms with Gasteiger partial charge in [-0.3, -0.25) is 0 Å². The minimum atomic E-state index is 0.704. The van der Waals surface area contributed by atoms with Gasteiger partial charge in [0, 0.05) is 47.9 Å². The second-order valence-corrected chi connectivity index (χ2v) is 7.71. The Bertz CT molecular complexity index is 485. The molecule has 1 aromatic rings. The molecule has 20 heavy (non-hydrogen) atoms. The highest BCUT2D eigenvalue weighted by molar-refractivity contribution is 8.00. The molecular formula is C16H25N3S. The first kappa shape index (κ1) is 14.2. The molecule has 0 aromatic carbocycles. The van der Waals surface area contributed by atoms with Crippen LogP contribution < -0.4 is 10.2 Å². The molecule has 1 unspecified atom stereocenters. The number of nitrogens with zero attached hydrogens (tertiary/aromatic N) is 2. The second kappa shape index (κ2) is 5.94. The SMILES string of the molecule is Cc1cc(C)c(CNC2CC2)c(N2CCSC(C)C2)n1. The van der Waals surface area contributed by atoms with Gasteiger partial charge >= 0.3 is 0 Å². The molecule has 1 aromatic heterocycles. The maximum Gasteiger partial charge on any atom is 0.133 e. The number of hydrogen-bond acceptors (Lipinski definition) is 4. The van der Waals surface area contributed by atoms with Crippen molar-refractivity contribution in [1.29, 1.82) is 0 Å². The molecule has 1 saturated carbocycles. The van der Waals surface area contributed by atoms with Crippen LogP contribution in [0, 0.1) is 13.8 Å². The summed E-state index contributed by atoms with van der Waals surface area (Å²) < 4.78 is 0. The summed E-state index contributed by atoms with van der Waals surface area (Å²) >= 11 is 2.07. The third-order valence-electron chi connectivity index (χ3n) is 4.14. The van der Waals surface area contributed by atoms with E-state index in [2.05, 4.69) is 48.8 Å². The van der Waals surface area contributed by atoms with Gasteiger partial charge in [0.05, 0.1) is 0 Å². The first-order valence-electron chi connectivity index (χ1n) is 7.70. The highest BCUT2D eigenvalue weighted by Crippen LogP contribution is 2.28. The van der Waals surface area contributed by atoms with E-state index in [1.54, 1.807) is 0 Å². The zero-order chi connectivity index (χ0) is 14.1. The van der Waals surface area contributed by atoms with E-state index in [1.807, 2.05) is 0 Å². The average molecular weight is 291 g/mol. The molecule has 2 aliphatic rings. The van der Waals surface area contributed by atoms with Gasteiger partial charge < -0.3 is 10.2 Å². The predicted molar refractivity (Wildman–Crippen MR) is 87.7 cm³/mol. The first-order chi connectivity index (χ1) is 9.63. The number of pyridine rings is 1. The van der Waals surface area contributed by atoms with Crippen molar-refractivity contribution in [2.45, 2.75) is 51.4 Å². The zero-order valence-electron chi connectivity index (χ0n) is 12.8. The molecule has 4 heteroatoms. The summed E-state index contributed by atoms with van der Waals surface area (Å²) in [7, 11) is 0. The van der Waals surface area contributed by atoms with Crippen molar-refractivity contribution in [3.05, 3.63) is 22.9 Å². The molecule has 0 radical (unpaired) electrons. The summed E-state index contributed by atoms with van der Waals surface area (Å²) in [5.74, 6) is 2.44. The van der Waals surface area contributed by atoms with Crippen LogP contribution in [0.5, 0.6) is 0 Å². The summed E-state index contributed by atoms with van der Waals surface area (Å²) in [5.41, 5.74) is 3.92. The average Bonchev–Trinajstić information content (AvgIpc) is 3.21. The van der Waals surface area contributed by atoms with Crippen molar-refractivity contribution < 1.29 is 0 Å². The van der Waals surface area contributed by atoms with Crippen molar-refractivity contribution >= 4 is 17.6 Å². The number of aryl methyl sites for hydroxylation is 2. The molecule has 0 spiro atoms. The Balaban J connectivity index is 1.85. The van der Waals surface area contributed by atoms with E-state index >= 15 is 0 Å². The molecule has 110 valence electrons. The Morgan fingerprint density at radius 3 is 2.90 bits per heavy atom. The Hall–Kier alpha value is -0.740. The van der Waals surface area contributed by atoms with Gasteiger partial charge in [-0.2, -0.15) is 11.8 Å². The number of hydrogen-bond donors (Lipinski definition) is 1. The van der Waals surface area contributed by atoms with E-state index in [1.165, 1.54) is 35.5 Å². The Morgan fingerprint density at radius 2 is 2.20 bits per heavy atom. The Morgan fingerprint density at radius 1 is 1.40 bits per heavy atom. The number of aromatic nitrogens is 1. The standard InChI is InChI=1S/C16H25N3S/c1-11-8-12(2)18-16(15(11)9-17-14-4-5-14)19-6-7-20-13(3)10-19/h8,13-14,17H,4-7,9-10H2,1-3H3. The molecule has 1 aliphatic carbocycles. The molecule has 2 heterocycles.